The molecule has 1 aromatic rings. The van der Waals surface area contributed by atoms with E-state index in [1.807, 2.05) is 31.2 Å². The van der Waals surface area contributed by atoms with Crippen molar-refractivity contribution in [3.63, 3.8) is 0 Å². The molecule has 0 radical (unpaired) electrons. The van der Waals surface area contributed by atoms with E-state index in [1.165, 1.54) is 0 Å². The zero-order valence-electron chi connectivity index (χ0n) is 11.3. The summed E-state index contributed by atoms with van der Waals surface area (Å²) < 4.78 is 0. The number of rotatable bonds is 5. The van der Waals surface area contributed by atoms with Gasteiger partial charge in [-0.05, 0) is 31.2 Å². The van der Waals surface area contributed by atoms with E-state index < -0.39 is 5.97 Å². The summed E-state index contributed by atoms with van der Waals surface area (Å²) in [7, 11) is 0. The van der Waals surface area contributed by atoms with E-state index in [2.05, 4.69) is 0 Å². The molecule has 0 amide bonds. The van der Waals surface area contributed by atoms with Gasteiger partial charge in [0.1, 0.15) is 0 Å². The fourth-order valence-corrected chi connectivity index (χ4v) is 3.12. The van der Waals surface area contributed by atoms with Gasteiger partial charge in [-0.3, -0.25) is 9.59 Å². The first-order valence-corrected chi connectivity index (χ1v) is 6.82. The van der Waals surface area contributed by atoms with Gasteiger partial charge in [0.25, 0.3) is 0 Å². The highest BCUT2D eigenvalue weighted by molar-refractivity contribution is 5.96. The van der Waals surface area contributed by atoms with E-state index in [4.69, 9.17) is 5.11 Å². The molecule has 0 heterocycles. The van der Waals surface area contributed by atoms with Crippen LogP contribution in [0.4, 0.5) is 0 Å². The van der Waals surface area contributed by atoms with Crippen molar-refractivity contribution in [2.45, 2.75) is 45.4 Å². The van der Waals surface area contributed by atoms with Gasteiger partial charge in [0.2, 0.25) is 0 Å². The number of carboxylic acid groups (broad SMARTS) is 1. The van der Waals surface area contributed by atoms with Gasteiger partial charge in [-0.25, -0.2) is 0 Å². The molecule has 1 N–H and O–H groups in total. The molecule has 0 saturated heterocycles. The van der Waals surface area contributed by atoms with Gasteiger partial charge in [-0.2, -0.15) is 0 Å². The Morgan fingerprint density at radius 1 is 1.21 bits per heavy atom. The molecule has 19 heavy (non-hydrogen) atoms. The van der Waals surface area contributed by atoms with Crippen molar-refractivity contribution in [2.75, 3.05) is 0 Å². The van der Waals surface area contributed by atoms with Crippen molar-refractivity contribution in [1.82, 2.24) is 0 Å². The van der Waals surface area contributed by atoms with E-state index in [9.17, 15) is 9.59 Å². The van der Waals surface area contributed by atoms with Crippen LogP contribution in [0.5, 0.6) is 0 Å². The van der Waals surface area contributed by atoms with E-state index in [1.54, 1.807) is 0 Å². The van der Waals surface area contributed by atoms with E-state index >= 15 is 0 Å². The monoisotopic (exact) mass is 260 g/mol. The van der Waals surface area contributed by atoms with Crippen molar-refractivity contribution in [1.29, 1.82) is 0 Å². The summed E-state index contributed by atoms with van der Waals surface area (Å²) in [4.78, 5) is 23.4. The average molecular weight is 260 g/mol. The number of hydrogen-bond donors (Lipinski definition) is 1. The third kappa shape index (κ3) is 3.43. The largest absolute Gasteiger partial charge is 0.481 e. The molecule has 3 heteroatoms. The normalized spacial score (nSPS) is 17.3. The highest BCUT2D eigenvalue weighted by Gasteiger charge is 2.38. The van der Waals surface area contributed by atoms with E-state index in [0.717, 1.165) is 31.2 Å². The lowest BCUT2D eigenvalue weighted by Gasteiger charge is -2.26. The lowest BCUT2D eigenvalue weighted by atomic mass is 9.77. The standard InChI is InChI=1S/C16H20O3/c1-12-5-4-6-13(9-12)14(17)10-16(11-15(18)19)7-2-3-8-16/h4-6,9H,2-3,7-8,10-11H2,1H3,(H,18,19). The number of carboxylic acids is 1. The second-order valence-corrected chi connectivity index (χ2v) is 5.75. The van der Waals surface area contributed by atoms with Crippen LogP contribution >= 0.6 is 0 Å². The Labute approximate surface area is 113 Å². The van der Waals surface area contributed by atoms with Crippen LogP contribution in [0.1, 0.15) is 54.4 Å². The number of hydrogen-bond acceptors (Lipinski definition) is 2. The number of carbonyl (C=O) groups is 2. The highest BCUT2D eigenvalue weighted by Crippen LogP contribution is 2.44. The Bertz CT molecular complexity index is 485. The van der Waals surface area contributed by atoms with Crippen LogP contribution in [-0.4, -0.2) is 16.9 Å². The molecule has 0 aromatic heterocycles. The molecular weight excluding hydrogens is 240 g/mol. The van der Waals surface area contributed by atoms with Gasteiger partial charge < -0.3 is 5.11 Å². The highest BCUT2D eigenvalue weighted by atomic mass is 16.4. The molecule has 3 nitrogen and oxygen atoms in total. The van der Waals surface area contributed by atoms with Gasteiger partial charge in [0.15, 0.2) is 5.78 Å². The third-order valence-electron chi connectivity index (χ3n) is 4.07. The summed E-state index contributed by atoms with van der Waals surface area (Å²) >= 11 is 0. The molecule has 0 atom stereocenters. The van der Waals surface area contributed by atoms with E-state index in [-0.39, 0.29) is 17.6 Å². The molecule has 1 aliphatic rings. The number of aryl methyl sites for hydroxylation is 1. The van der Waals surface area contributed by atoms with Crippen LogP contribution < -0.4 is 0 Å². The molecule has 0 spiro atoms. The number of Topliss-reactive ketones (excluding diaryl/α,β-unsaturated/α-hetero) is 1. The summed E-state index contributed by atoms with van der Waals surface area (Å²) in [5.41, 5.74) is 1.45. The fourth-order valence-electron chi connectivity index (χ4n) is 3.12. The first kappa shape index (κ1) is 13.8. The summed E-state index contributed by atoms with van der Waals surface area (Å²) in [5.74, 6) is -0.717. The van der Waals surface area contributed by atoms with Crippen LogP contribution in [-0.2, 0) is 4.79 Å². The summed E-state index contributed by atoms with van der Waals surface area (Å²) in [6, 6.07) is 7.53. The minimum Gasteiger partial charge on any atom is -0.481 e. The van der Waals surface area contributed by atoms with Crippen molar-refractivity contribution in [2.24, 2.45) is 5.41 Å². The molecular formula is C16H20O3. The summed E-state index contributed by atoms with van der Waals surface area (Å²) in [5, 5.41) is 9.06. The van der Waals surface area contributed by atoms with Crippen molar-refractivity contribution < 1.29 is 14.7 Å². The Kier molecular flexibility index (Phi) is 4.03. The molecule has 1 saturated carbocycles. The predicted octanol–water partition coefficient (Wildman–Crippen LogP) is 3.60. The topological polar surface area (TPSA) is 54.4 Å². The zero-order chi connectivity index (χ0) is 13.9. The predicted molar refractivity (Wildman–Crippen MR) is 73.3 cm³/mol. The Morgan fingerprint density at radius 2 is 1.89 bits per heavy atom. The molecule has 1 aliphatic carbocycles. The van der Waals surface area contributed by atoms with Crippen LogP contribution in [0, 0.1) is 12.3 Å². The number of ketones is 1. The maximum Gasteiger partial charge on any atom is 0.303 e. The van der Waals surface area contributed by atoms with Crippen LogP contribution in [0.15, 0.2) is 24.3 Å². The molecule has 0 bridgehead atoms. The van der Waals surface area contributed by atoms with Crippen molar-refractivity contribution >= 4 is 11.8 Å². The summed E-state index contributed by atoms with van der Waals surface area (Å²) in [6.45, 7) is 1.96. The minimum absolute atomic E-state index is 0.0758. The van der Waals surface area contributed by atoms with Gasteiger partial charge in [0.05, 0.1) is 6.42 Å². The molecule has 1 fully saturated rings. The molecule has 0 aliphatic heterocycles. The first-order valence-electron chi connectivity index (χ1n) is 6.82. The number of aliphatic carboxylic acids is 1. The van der Waals surface area contributed by atoms with Crippen LogP contribution in [0.3, 0.4) is 0 Å². The second kappa shape index (κ2) is 5.55. The zero-order valence-corrected chi connectivity index (χ0v) is 11.3. The SMILES string of the molecule is Cc1cccc(C(=O)CC2(CC(=O)O)CCCC2)c1. The molecule has 102 valence electrons. The Hall–Kier alpha value is -1.64. The average Bonchev–Trinajstić information content (AvgIpc) is 2.76. The minimum atomic E-state index is -0.793. The van der Waals surface area contributed by atoms with Crippen LogP contribution in [0.25, 0.3) is 0 Å². The molecule has 2 rings (SSSR count). The Balaban J connectivity index is 2.13. The van der Waals surface area contributed by atoms with Gasteiger partial charge >= 0.3 is 5.97 Å². The fraction of sp³-hybridized carbons (Fsp3) is 0.500. The first-order chi connectivity index (χ1) is 9.01. The smallest absolute Gasteiger partial charge is 0.303 e. The van der Waals surface area contributed by atoms with Crippen molar-refractivity contribution in [3.8, 4) is 0 Å². The molecule has 1 aromatic carbocycles. The quantitative estimate of drug-likeness (QED) is 0.823. The molecule has 0 unspecified atom stereocenters. The third-order valence-corrected chi connectivity index (χ3v) is 4.07. The van der Waals surface area contributed by atoms with Crippen molar-refractivity contribution in [3.05, 3.63) is 35.4 Å². The van der Waals surface area contributed by atoms with Crippen LogP contribution in [0.2, 0.25) is 0 Å². The maximum absolute atomic E-state index is 12.3. The number of benzene rings is 1. The second-order valence-electron chi connectivity index (χ2n) is 5.75. The lowest BCUT2D eigenvalue weighted by Crippen LogP contribution is -2.24. The van der Waals surface area contributed by atoms with Gasteiger partial charge in [-0.1, -0.05) is 36.6 Å². The number of carbonyl (C=O) groups excluding carboxylic acids is 1. The van der Waals surface area contributed by atoms with Gasteiger partial charge in [-0.15, -0.1) is 0 Å². The Morgan fingerprint density at radius 3 is 2.47 bits per heavy atom. The maximum atomic E-state index is 12.3. The lowest BCUT2D eigenvalue weighted by molar-refractivity contribution is -0.139. The van der Waals surface area contributed by atoms with Gasteiger partial charge in [0, 0.05) is 12.0 Å². The summed E-state index contributed by atoms with van der Waals surface area (Å²) in [6.07, 6.45) is 4.27. The van der Waals surface area contributed by atoms with E-state index in [0.29, 0.717) is 12.0 Å².